The fourth-order valence-electron chi connectivity index (χ4n) is 2.91. The molecule has 0 spiro atoms. The third kappa shape index (κ3) is 2.46. The topological polar surface area (TPSA) is 45.4 Å². The Labute approximate surface area is 124 Å². The van der Waals surface area contributed by atoms with E-state index >= 15 is 0 Å². The molecule has 1 heterocycles. The van der Waals surface area contributed by atoms with Gasteiger partial charge in [-0.3, -0.25) is 0 Å². The van der Waals surface area contributed by atoms with Crippen LogP contribution in [0.25, 0.3) is 10.9 Å². The van der Waals surface area contributed by atoms with Gasteiger partial charge < -0.3 is 14.8 Å². The lowest BCUT2D eigenvalue weighted by Crippen LogP contribution is -2.28. The van der Waals surface area contributed by atoms with Crippen molar-refractivity contribution in [2.45, 2.75) is 19.1 Å². The lowest BCUT2D eigenvalue weighted by atomic mass is 9.96. The molecule has 3 rings (SSSR count). The van der Waals surface area contributed by atoms with Gasteiger partial charge in [0.05, 0.1) is 12.6 Å². The van der Waals surface area contributed by atoms with Gasteiger partial charge in [-0.1, -0.05) is 42.5 Å². The maximum absolute atomic E-state index is 10.4. The molecule has 1 aromatic heterocycles. The minimum absolute atomic E-state index is 0.272. The zero-order chi connectivity index (χ0) is 14.8. The van der Waals surface area contributed by atoms with Gasteiger partial charge >= 0.3 is 0 Å². The zero-order valence-corrected chi connectivity index (χ0v) is 12.0. The van der Waals surface area contributed by atoms with E-state index in [0.29, 0.717) is 0 Å². The predicted molar refractivity (Wildman–Crippen MR) is 84.3 cm³/mol. The monoisotopic (exact) mass is 281 g/mol. The lowest BCUT2D eigenvalue weighted by molar-refractivity contribution is 0.0652. The second-order valence-corrected chi connectivity index (χ2v) is 5.33. The van der Waals surface area contributed by atoms with Gasteiger partial charge in [-0.05, 0) is 35.6 Å². The number of aromatic nitrogens is 1. The van der Waals surface area contributed by atoms with E-state index in [9.17, 15) is 10.2 Å². The van der Waals surface area contributed by atoms with Crippen LogP contribution in [0.5, 0.6) is 0 Å². The summed E-state index contributed by atoms with van der Waals surface area (Å²) in [5.41, 5.74) is 3.19. The van der Waals surface area contributed by atoms with Crippen LogP contribution in [0.15, 0.2) is 60.8 Å². The summed E-state index contributed by atoms with van der Waals surface area (Å²) in [5.74, 6) is 0. The van der Waals surface area contributed by atoms with Gasteiger partial charge in [0.2, 0.25) is 0 Å². The highest BCUT2D eigenvalue weighted by Gasteiger charge is 2.24. The third-order valence-electron chi connectivity index (χ3n) is 3.99. The summed E-state index contributed by atoms with van der Waals surface area (Å²) in [4.78, 5) is 0. The minimum atomic E-state index is -0.845. The molecule has 0 aliphatic rings. The van der Waals surface area contributed by atoms with Crippen LogP contribution >= 0.6 is 0 Å². The summed E-state index contributed by atoms with van der Waals surface area (Å²) in [7, 11) is 0. The Morgan fingerprint density at radius 2 is 1.71 bits per heavy atom. The molecule has 3 heteroatoms. The van der Waals surface area contributed by atoms with Crippen molar-refractivity contribution < 1.29 is 10.2 Å². The Balaban J connectivity index is 2.19. The fraction of sp³-hybridized carbons (Fsp3) is 0.222. The molecule has 2 unspecified atom stereocenters. The molecule has 0 amide bonds. The molecule has 0 saturated carbocycles. The van der Waals surface area contributed by atoms with E-state index in [4.69, 9.17) is 0 Å². The quantitative estimate of drug-likeness (QED) is 0.772. The van der Waals surface area contributed by atoms with Crippen molar-refractivity contribution in [3.8, 4) is 0 Å². The number of benzene rings is 2. The SMILES string of the molecule is Cc1ccccc1C(C(O)CO)n1ccc2ccccc21. The Hall–Kier alpha value is -2.10. The van der Waals surface area contributed by atoms with Crippen molar-refractivity contribution in [1.29, 1.82) is 0 Å². The smallest absolute Gasteiger partial charge is 0.102 e. The summed E-state index contributed by atoms with van der Waals surface area (Å²) in [5, 5.41) is 20.9. The Kier molecular flexibility index (Phi) is 3.78. The lowest BCUT2D eigenvalue weighted by Gasteiger charge is -2.26. The first-order valence-corrected chi connectivity index (χ1v) is 7.12. The third-order valence-corrected chi connectivity index (χ3v) is 3.99. The second kappa shape index (κ2) is 5.72. The minimum Gasteiger partial charge on any atom is -0.394 e. The van der Waals surface area contributed by atoms with Gasteiger partial charge in [-0.15, -0.1) is 0 Å². The predicted octanol–water partition coefficient (Wildman–Crippen LogP) is 2.89. The van der Waals surface area contributed by atoms with Crippen LogP contribution in [-0.4, -0.2) is 27.5 Å². The Morgan fingerprint density at radius 1 is 1.00 bits per heavy atom. The molecule has 21 heavy (non-hydrogen) atoms. The molecule has 2 atom stereocenters. The largest absolute Gasteiger partial charge is 0.394 e. The van der Waals surface area contributed by atoms with Crippen molar-refractivity contribution in [1.82, 2.24) is 4.57 Å². The number of aryl methyl sites for hydroxylation is 1. The number of nitrogens with zero attached hydrogens (tertiary/aromatic N) is 1. The van der Waals surface area contributed by atoms with Crippen LogP contribution in [0.1, 0.15) is 17.2 Å². The molecule has 3 nitrogen and oxygen atoms in total. The molecule has 0 aliphatic heterocycles. The molecular weight excluding hydrogens is 262 g/mol. The van der Waals surface area contributed by atoms with E-state index in [2.05, 4.69) is 0 Å². The Bertz CT molecular complexity index is 748. The first-order chi connectivity index (χ1) is 10.2. The Morgan fingerprint density at radius 3 is 2.48 bits per heavy atom. The molecule has 0 aliphatic carbocycles. The summed E-state index contributed by atoms with van der Waals surface area (Å²) in [6, 6.07) is 17.8. The van der Waals surface area contributed by atoms with Gasteiger partial charge in [0.25, 0.3) is 0 Å². The molecule has 2 aromatic carbocycles. The standard InChI is InChI=1S/C18H19NO2/c1-13-6-2-4-8-15(13)18(17(21)12-20)19-11-10-14-7-3-5-9-16(14)19/h2-11,17-18,20-21H,12H2,1H3. The maximum atomic E-state index is 10.4. The average Bonchev–Trinajstić information content (AvgIpc) is 2.93. The van der Waals surface area contributed by atoms with Gasteiger partial charge in [0.1, 0.15) is 6.10 Å². The van der Waals surface area contributed by atoms with Crippen molar-refractivity contribution in [2.24, 2.45) is 0 Å². The van der Waals surface area contributed by atoms with Gasteiger partial charge in [-0.2, -0.15) is 0 Å². The van der Waals surface area contributed by atoms with Crippen molar-refractivity contribution in [2.75, 3.05) is 6.61 Å². The van der Waals surface area contributed by atoms with E-state index in [1.54, 1.807) is 0 Å². The van der Waals surface area contributed by atoms with Crippen LogP contribution < -0.4 is 0 Å². The first-order valence-electron chi connectivity index (χ1n) is 7.12. The van der Waals surface area contributed by atoms with Crippen LogP contribution in [-0.2, 0) is 0 Å². The van der Waals surface area contributed by atoms with Crippen molar-refractivity contribution in [3.63, 3.8) is 0 Å². The molecular formula is C18H19NO2. The van der Waals surface area contributed by atoms with E-state index in [-0.39, 0.29) is 12.6 Å². The van der Waals surface area contributed by atoms with Crippen molar-refractivity contribution in [3.05, 3.63) is 71.9 Å². The number of hydrogen-bond donors (Lipinski definition) is 2. The second-order valence-electron chi connectivity index (χ2n) is 5.33. The van der Waals surface area contributed by atoms with Crippen LogP contribution in [0.2, 0.25) is 0 Å². The summed E-state index contributed by atoms with van der Waals surface area (Å²) < 4.78 is 2.04. The van der Waals surface area contributed by atoms with Gasteiger partial charge in [0, 0.05) is 11.7 Å². The van der Waals surface area contributed by atoms with Crippen molar-refractivity contribution >= 4 is 10.9 Å². The van der Waals surface area contributed by atoms with E-state index < -0.39 is 6.10 Å². The maximum Gasteiger partial charge on any atom is 0.102 e. The van der Waals surface area contributed by atoms with E-state index in [0.717, 1.165) is 22.0 Å². The number of hydrogen-bond acceptors (Lipinski definition) is 2. The number of aliphatic hydroxyl groups is 2. The zero-order valence-electron chi connectivity index (χ0n) is 12.0. The molecule has 2 N–H and O–H groups in total. The molecule has 0 bridgehead atoms. The van der Waals surface area contributed by atoms with E-state index in [1.807, 2.05) is 72.3 Å². The summed E-state index contributed by atoms with van der Waals surface area (Å²) in [6.45, 7) is 1.75. The number of aliphatic hydroxyl groups excluding tert-OH is 2. The van der Waals surface area contributed by atoms with Gasteiger partial charge in [-0.25, -0.2) is 0 Å². The van der Waals surface area contributed by atoms with Crippen LogP contribution in [0.4, 0.5) is 0 Å². The van der Waals surface area contributed by atoms with Gasteiger partial charge in [0.15, 0.2) is 0 Å². The number of fused-ring (bicyclic) bond motifs is 1. The first kappa shape index (κ1) is 13.9. The molecule has 0 fully saturated rings. The number of para-hydroxylation sites is 1. The molecule has 0 saturated heterocycles. The average molecular weight is 281 g/mol. The fourth-order valence-corrected chi connectivity index (χ4v) is 2.91. The summed E-state index contributed by atoms with van der Waals surface area (Å²) >= 11 is 0. The van der Waals surface area contributed by atoms with Crippen LogP contribution in [0.3, 0.4) is 0 Å². The normalized spacial score (nSPS) is 14.2. The molecule has 0 radical (unpaired) electrons. The highest BCUT2D eigenvalue weighted by molar-refractivity contribution is 5.80. The highest BCUT2D eigenvalue weighted by Crippen LogP contribution is 2.29. The molecule has 3 aromatic rings. The van der Waals surface area contributed by atoms with Crippen LogP contribution in [0, 0.1) is 6.92 Å². The number of rotatable bonds is 4. The highest BCUT2D eigenvalue weighted by atomic mass is 16.3. The summed E-state index contributed by atoms with van der Waals surface area (Å²) in [6.07, 6.45) is 1.13. The molecule has 108 valence electrons. The van der Waals surface area contributed by atoms with E-state index in [1.165, 1.54) is 0 Å².